The quantitative estimate of drug-likeness (QED) is 0.719. The average Bonchev–Trinajstić information content (AvgIpc) is 1.98. The van der Waals surface area contributed by atoms with Crippen LogP contribution in [0, 0.1) is 0 Å². The van der Waals surface area contributed by atoms with Gasteiger partial charge in [-0.2, -0.15) is 0 Å². The lowest BCUT2D eigenvalue weighted by molar-refractivity contribution is -0.141. The molecule has 7 heteroatoms. The molecule has 0 radical (unpaired) electrons. The van der Waals surface area contributed by atoms with Crippen molar-refractivity contribution in [2.24, 2.45) is 5.73 Å². The maximum atomic E-state index is 11.1. The van der Waals surface area contributed by atoms with Crippen LogP contribution in [0.1, 0.15) is 19.3 Å². The van der Waals surface area contributed by atoms with Crippen molar-refractivity contribution >= 4 is 52.3 Å². The van der Waals surface area contributed by atoms with E-state index in [-0.39, 0.29) is 12.8 Å². The number of halogens is 4. The number of amides is 1. The van der Waals surface area contributed by atoms with Gasteiger partial charge in [0.2, 0.25) is 5.60 Å². The molecule has 1 aliphatic rings. The molecule has 82 valence electrons. The van der Waals surface area contributed by atoms with Crippen LogP contribution in [-0.2, 0) is 4.79 Å². The summed E-state index contributed by atoms with van der Waals surface area (Å²) in [6.07, 6.45) is 0.920. The van der Waals surface area contributed by atoms with Crippen molar-refractivity contribution in [3.8, 4) is 0 Å². The highest BCUT2D eigenvalue weighted by Crippen LogP contribution is 2.55. The van der Waals surface area contributed by atoms with E-state index in [9.17, 15) is 9.90 Å². The molecule has 0 spiro atoms. The maximum absolute atomic E-state index is 11.1. The zero-order chi connectivity index (χ0) is 11.2. The molecule has 1 aliphatic carbocycles. The number of alkyl halides is 4. The molecule has 0 saturated heterocycles. The topological polar surface area (TPSA) is 63.3 Å². The number of aliphatic hydroxyl groups is 1. The summed E-state index contributed by atoms with van der Waals surface area (Å²) in [6, 6.07) is 0. The van der Waals surface area contributed by atoms with Crippen LogP contribution < -0.4 is 5.73 Å². The van der Waals surface area contributed by atoms with E-state index in [0.29, 0.717) is 6.42 Å². The number of carbonyl (C=O) groups excluding carboxylic acids is 1. The first-order valence-corrected chi connectivity index (χ1v) is 5.44. The minimum absolute atomic E-state index is 0.205. The number of carbonyl (C=O) groups is 1. The molecule has 0 aromatic rings. The van der Waals surface area contributed by atoms with Gasteiger partial charge in [0.25, 0.3) is 5.91 Å². The highest BCUT2D eigenvalue weighted by molar-refractivity contribution is 6.56. The Kier molecular flexibility index (Phi) is 3.22. The predicted molar refractivity (Wildman–Crippen MR) is 56.9 cm³/mol. The summed E-state index contributed by atoms with van der Waals surface area (Å²) in [5.74, 6) is -1.12. The van der Waals surface area contributed by atoms with Crippen molar-refractivity contribution in [3.05, 3.63) is 0 Å². The monoisotopic (exact) mass is 279 g/mol. The van der Waals surface area contributed by atoms with E-state index in [0.717, 1.165) is 0 Å². The lowest BCUT2D eigenvalue weighted by atomic mass is 9.82. The molecule has 0 atom stereocenters. The second kappa shape index (κ2) is 3.56. The third-order valence-corrected chi connectivity index (χ3v) is 4.25. The maximum Gasteiger partial charge on any atom is 0.255 e. The fourth-order valence-electron chi connectivity index (χ4n) is 1.52. The summed E-state index contributed by atoms with van der Waals surface area (Å²) in [6.45, 7) is 0. The van der Waals surface area contributed by atoms with Crippen LogP contribution in [0.5, 0.6) is 0 Å². The van der Waals surface area contributed by atoms with Crippen molar-refractivity contribution in [1.29, 1.82) is 0 Å². The van der Waals surface area contributed by atoms with E-state index in [1.54, 1.807) is 0 Å². The zero-order valence-electron chi connectivity index (χ0n) is 7.07. The van der Waals surface area contributed by atoms with Gasteiger partial charge in [-0.25, -0.2) is 0 Å². The fourth-order valence-corrected chi connectivity index (χ4v) is 3.27. The van der Waals surface area contributed by atoms with Crippen LogP contribution in [0.2, 0.25) is 0 Å². The molecular formula is C7H9Cl4NO2. The molecular weight excluding hydrogens is 272 g/mol. The Bertz CT molecular complexity index is 250. The molecule has 0 aromatic heterocycles. The third kappa shape index (κ3) is 1.59. The molecule has 0 unspecified atom stereocenters. The number of primary amides is 1. The van der Waals surface area contributed by atoms with Gasteiger partial charge in [-0.05, 0) is 19.3 Å². The Labute approximate surface area is 101 Å². The molecule has 1 amide bonds. The molecule has 3 N–H and O–H groups in total. The van der Waals surface area contributed by atoms with Crippen molar-refractivity contribution < 1.29 is 9.90 Å². The second-order valence-corrected chi connectivity index (χ2v) is 6.30. The van der Waals surface area contributed by atoms with Crippen LogP contribution >= 0.6 is 46.4 Å². The first kappa shape index (κ1) is 12.7. The van der Waals surface area contributed by atoms with Gasteiger partial charge in [0.05, 0.1) is 0 Å². The molecule has 1 rings (SSSR count). The molecule has 0 heterocycles. The highest BCUT2D eigenvalue weighted by Gasteiger charge is 2.66. The van der Waals surface area contributed by atoms with E-state index in [1.807, 2.05) is 0 Å². The minimum atomic E-state index is -2.33. The van der Waals surface area contributed by atoms with Crippen LogP contribution in [0.25, 0.3) is 0 Å². The Hall–Kier alpha value is 0.590. The highest BCUT2D eigenvalue weighted by atomic mass is 35.5. The summed E-state index contributed by atoms with van der Waals surface area (Å²) < 4.78 is -3.50. The summed E-state index contributed by atoms with van der Waals surface area (Å²) in [7, 11) is 0. The van der Waals surface area contributed by atoms with Gasteiger partial charge in [0.15, 0.2) is 8.67 Å². The van der Waals surface area contributed by atoms with Crippen molar-refractivity contribution in [2.75, 3.05) is 0 Å². The van der Waals surface area contributed by atoms with Gasteiger partial charge in [-0.3, -0.25) is 4.79 Å². The molecule has 0 bridgehead atoms. The minimum Gasteiger partial charge on any atom is -0.375 e. The number of rotatable bonds is 1. The van der Waals surface area contributed by atoms with E-state index in [2.05, 4.69) is 0 Å². The number of hydrogen-bond acceptors (Lipinski definition) is 2. The molecule has 1 saturated carbocycles. The summed E-state index contributed by atoms with van der Waals surface area (Å²) in [5, 5.41) is 10.0. The molecule has 0 aromatic carbocycles. The van der Waals surface area contributed by atoms with Crippen LogP contribution in [0.15, 0.2) is 0 Å². The Morgan fingerprint density at radius 1 is 1.14 bits per heavy atom. The number of hydrogen-bond donors (Lipinski definition) is 2. The molecule has 3 nitrogen and oxygen atoms in total. The first-order chi connectivity index (χ1) is 6.15. The zero-order valence-corrected chi connectivity index (χ0v) is 10.1. The van der Waals surface area contributed by atoms with Gasteiger partial charge in [0.1, 0.15) is 0 Å². The van der Waals surface area contributed by atoms with E-state index >= 15 is 0 Å². The van der Waals surface area contributed by atoms with Crippen LogP contribution in [-0.4, -0.2) is 25.3 Å². The van der Waals surface area contributed by atoms with E-state index < -0.39 is 20.2 Å². The smallest absolute Gasteiger partial charge is 0.255 e. The third-order valence-electron chi connectivity index (χ3n) is 2.40. The molecule has 14 heavy (non-hydrogen) atoms. The Balaban J connectivity index is 3.22. The Morgan fingerprint density at radius 2 is 1.50 bits per heavy atom. The molecule has 1 fully saturated rings. The predicted octanol–water partition coefficient (Wildman–Crippen LogP) is 1.73. The summed E-state index contributed by atoms with van der Waals surface area (Å²) in [5.41, 5.74) is 2.70. The van der Waals surface area contributed by atoms with Gasteiger partial charge in [0, 0.05) is 0 Å². The average molecular weight is 281 g/mol. The van der Waals surface area contributed by atoms with Crippen LogP contribution in [0.4, 0.5) is 0 Å². The summed E-state index contributed by atoms with van der Waals surface area (Å²) >= 11 is 23.2. The normalized spacial score (nSPS) is 28.4. The van der Waals surface area contributed by atoms with Gasteiger partial charge < -0.3 is 10.8 Å². The largest absolute Gasteiger partial charge is 0.375 e. The van der Waals surface area contributed by atoms with Crippen molar-refractivity contribution in [2.45, 2.75) is 33.5 Å². The molecule has 0 aliphatic heterocycles. The fraction of sp³-hybridized carbons (Fsp3) is 0.857. The Morgan fingerprint density at radius 3 is 1.71 bits per heavy atom. The second-order valence-electron chi connectivity index (χ2n) is 3.34. The van der Waals surface area contributed by atoms with E-state index in [1.165, 1.54) is 0 Å². The van der Waals surface area contributed by atoms with E-state index in [4.69, 9.17) is 52.1 Å². The SMILES string of the molecule is NC(=O)C1(O)C(Cl)(Cl)CCCC1(Cl)Cl. The van der Waals surface area contributed by atoms with Gasteiger partial charge >= 0.3 is 0 Å². The van der Waals surface area contributed by atoms with Crippen LogP contribution in [0.3, 0.4) is 0 Å². The van der Waals surface area contributed by atoms with Gasteiger partial charge in [-0.1, -0.05) is 46.4 Å². The lowest BCUT2D eigenvalue weighted by Gasteiger charge is -2.47. The van der Waals surface area contributed by atoms with Crippen molar-refractivity contribution in [3.63, 3.8) is 0 Å². The first-order valence-electron chi connectivity index (χ1n) is 3.93. The lowest BCUT2D eigenvalue weighted by Crippen LogP contribution is -2.67. The standard InChI is InChI=1S/C7H9Cl4NO2/c8-5(9)2-1-3-6(10,11)7(5,14)4(12)13/h14H,1-3H2,(H2,12,13). The van der Waals surface area contributed by atoms with Crippen molar-refractivity contribution in [1.82, 2.24) is 0 Å². The number of nitrogens with two attached hydrogens (primary N) is 1. The van der Waals surface area contributed by atoms with Gasteiger partial charge in [-0.15, -0.1) is 0 Å². The summed E-state index contributed by atoms with van der Waals surface area (Å²) in [4.78, 5) is 11.1.